The Morgan fingerprint density at radius 2 is 2.18 bits per heavy atom. The van der Waals surface area contributed by atoms with E-state index in [4.69, 9.17) is 5.73 Å². The van der Waals surface area contributed by atoms with Crippen LogP contribution in [0.15, 0.2) is 29.1 Å². The van der Waals surface area contributed by atoms with Gasteiger partial charge in [0.05, 0.1) is 5.69 Å². The number of aromatic amines is 1. The third-order valence-corrected chi connectivity index (χ3v) is 2.54. The van der Waals surface area contributed by atoms with Crippen LogP contribution >= 0.6 is 0 Å². The van der Waals surface area contributed by atoms with Gasteiger partial charge in [-0.2, -0.15) is 5.10 Å². The van der Waals surface area contributed by atoms with Crippen molar-refractivity contribution in [3.05, 3.63) is 51.6 Å². The van der Waals surface area contributed by atoms with Crippen LogP contribution in [0.3, 0.4) is 0 Å². The summed E-state index contributed by atoms with van der Waals surface area (Å²) in [5, 5.41) is 6.30. The third-order valence-electron chi connectivity index (χ3n) is 2.54. The minimum absolute atomic E-state index is 0.211. The molecule has 0 fully saturated rings. The summed E-state index contributed by atoms with van der Waals surface area (Å²) >= 11 is 0. The maximum absolute atomic E-state index is 13.2. The van der Waals surface area contributed by atoms with Crippen molar-refractivity contribution in [1.82, 2.24) is 10.2 Å². The van der Waals surface area contributed by atoms with Crippen LogP contribution in [0, 0.1) is 12.7 Å². The Morgan fingerprint density at radius 1 is 1.41 bits per heavy atom. The topological polar surface area (TPSA) is 71.8 Å². The Kier molecular flexibility index (Phi) is 3.01. The van der Waals surface area contributed by atoms with E-state index in [0.717, 1.165) is 5.56 Å². The molecule has 0 atom stereocenters. The van der Waals surface area contributed by atoms with Crippen molar-refractivity contribution in [3.63, 3.8) is 0 Å². The first-order valence-electron chi connectivity index (χ1n) is 5.17. The molecule has 0 aliphatic rings. The number of halogens is 1. The molecule has 2 aromatic rings. The number of hydrogen-bond donors (Lipinski definition) is 2. The van der Waals surface area contributed by atoms with E-state index in [1.807, 2.05) is 0 Å². The van der Waals surface area contributed by atoms with Crippen molar-refractivity contribution < 1.29 is 4.39 Å². The third kappa shape index (κ3) is 2.24. The molecule has 1 aromatic heterocycles. The smallest absolute Gasteiger partial charge is 0.264 e. The lowest BCUT2D eigenvalue weighted by Crippen LogP contribution is -2.12. The molecule has 5 heteroatoms. The van der Waals surface area contributed by atoms with E-state index in [9.17, 15) is 9.18 Å². The van der Waals surface area contributed by atoms with Gasteiger partial charge in [-0.3, -0.25) is 4.79 Å². The van der Waals surface area contributed by atoms with E-state index in [0.29, 0.717) is 16.8 Å². The molecule has 4 nitrogen and oxygen atoms in total. The summed E-state index contributed by atoms with van der Waals surface area (Å²) in [5.41, 5.74) is 7.74. The van der Waals surface area contributed by atoms with Gasteiger partial charge in [0.15, 0.2) is 0 Å². The number of hydrogen-bond acceptors (Lipinski definition) is 3. The highest BCUT2D eigenvalue weighted by Gasteiger charge is 2.08. The number of aryl methyl sites for hydroxylation is 1. The first-order chi connectivity index (χ1) is 8.11. The molecule has 1 aromatic carbocycles. The maximum atomic E-state index is 13.2. The Morgan fingerprint density at radius 3 is 2.82 bits per heavy atom. The Balaban J connectivity index is 2.59. The van der Waals surface area contributed by atoms with E-state index in [-0.39, 0.29) is 17.9 Å². The van der Waals surface area contributed by atoms with Crippen molar-refractivity contribution >= 4 is 0 Å². The molecule has 1 heterocycles. The fraction of sp³-hybridized carbons (Fsp3) is 0.167. The number of benzene rings is 1. The van der Waals surface area contributed by atoms with Crippen molar-refractivity contribution in [1.29, 1.82) is 0 Å². The molecule has 88 valence electrons. The average molecular weight is 233 g/mol. The lowest BCUT2D eigenvalue weighted by Gasteiger charge is -2.06. The van der Waals surface area contributed by atoms with Gasteiger partial charge in [-0.25, -0.2) is 9.49 Å². The molecule has 0 unspecified atom stereocenters. The van der Waals surface area contributed by atoms with Crippen molar-refractivity contribution in [2.24, 2.45) is 5.73 Å². The maximum Gasteiger partial charge on any atom is 0.264 e. The van der Waals surface area contributed by atoms with Crippen LogP contribution in [-0.2, 0) is 6.54 Å². The molecular weight excluding hydrogens is 221 g/mol. The molecule has 0 spiro atoms. The molecule has 0 amide bonds. The first-order valence-corrected chi connectivity index (χ1v) is 5.17. The molecule has 2 rings (SSSR count). The Bertz CT molecular complexity index is 607. The van der Waals surface area contributed by atoms with Crippen LogP contribution in [0.4, 0.5) is 4.39 Å². The van der Waals surface area contributed by atoms with Gasteiger partial charge in [-0.1, -0.05) is 0 Å². The predicted molar refractivity (Wildman–Crippen MR) is 62.9 cm³/mol. The van der Waals surface area contributed by atoms with Crippen LogP contribution in [0.25, 0.3) is 11.3 Å². The quantitative estimate of drug-likeness (QED) is 0.822. The van der Waals surface area contributed by atoms with Crippen molar-refractivity contribution in [3.8, 4) is 11.3 Å². The standard InChI is InChI=1S/C12H12FN3O/c1-7-4-8(2-3-10(7)13)12-9(6-14)5-11(17)15-16-12/h2-5H,6,14H2,1H3,(H,15,17). The van der Waals surface area contributed by atoms with Gasteiger partial charge in [-0.05, 0) is 36.2 Å². The Labute approximate surface area is 97.3 Å². The monoisotopic (exact) mass is 233 g/mol. The van der Waals surface area contributed by atoms with Gasteiger partial charge in [0.25, 0.3) is 5.56 Å². The van der Waals surface area contributed by atoms with Crippen molar-refractivity contribution in [2.45, 2.75) is 13.5 Å². The number of aromatic nitrogens is 2. The molecule has 0 aliphatic carbocycles. The highest BCUT2D eigenvalue weighted by molar-refractivity contribution is 5.63. The van der Waals surface area contributed by atoms with Crippen LogP contribution in [0.1, 0.15) is 11.1 Å². The number of nitrogens with one attached hydrogen (secondary N) is 1. The minimum Gasteiger partial charge on any atom is -0.326 e. The van der Waals surface area contributed by atoms with Gasteiger partial charge in [-0.15, -0.1) is 0 Å². The zero-order valence-electron chi connectivity index (χ0n) is 9.33. The second-order valence-electron chi connectivity index (χ2n) is 3.77. The van der Waals surface area contributed by atoms with E-state index in [1.165, 1.54) is 12.1 Å². The summed E-state index contributed by atoms with van der Waals surface area (Å²) in [6.07, 6.45) is 0. The van der Waals surface area contributed by atoms with Gasteiger partial charge >= 0.3 is 0 Å². The Hall–Kier alpha value is -2.01. The van der Waals surface area contributed by atoms with Crippen molar-refractivity contribution in [2.75, 3.05) is 0 Å². The van der Waals surface area contributed by atoms with Crippen LogP contribution < -0.4 is 11.3 Å². The zero-order valence-corrected chi connectivity index (χ0v) is 9.33. The second-order valence-corrected chi connectivity index (χ2v) is 3.77. The summed E-state index contributed by atoms with van der Waals surface area (Å²) in [6, 6.07) is 6.07. The van der Waals surface area contributed by atoms with E-state index >= 15 is 0 Å². The molecule has 17 heavy (non-hydrogen) atoms. The molecule has 0 bridgehead atoms. The van der Waals surface area contributed by atoms with Gasteiger partial charge in [0.2, 0.25) is 0 Å². The fourth-order valence-electron chi connectivity index (χ4n) is 1.64. The summed E-state index contributed by atoms with van der Waals surface area (Å²) < 4.78 is 13.2. The molecule has 0 saturated heterocycles. The average Bonchev–Trinajstić information content (AvgIpc) is 2.32. The molecule has 3 N–H and O–H groups in total. The van der Waals surface area contributed by atoms with E-state index in [1.54, 1.807) is 19.1 Å². The predicted octanol–water partition coefficient (Wildman–Crippen LogP) is 1.34. The largest absolute Gasteiger partial charge is 0.326 e. The van der Waals surface area contributed by atoms with E-state index in [2.05, 4.69) is 10.2 Å². The number of rotatable bonds is 2. The van der Waals surface area contributed by atoms with Crippen LogP contribution in [0.5, 0.6) is 0 Å². The lowest BCUT2D eigenvalue weighted by atomic mass is 10.0. The van der Waals surface area contributed by atoms with Crippen LogP contribution in [-0.4, -0.2) is 10.2 Å². The molecule has 0 saturated carbocycles. The minimum atomic E-state index is -0.298. The summed E-state index contributed by atoms with van der Waals surface area (Å²) in [4.78, 5) is 11.1. The lowest BCUT2D eigenvalue weighted by molar-refractivity contribution is 0.618. The van der Waals surface area contributed by atoms with Gasteiger partial charge < -0.3 is 5.73 Å². The van der Waals surface area contributed by atoms with E-state index < -0.39 is 0 Å². The summed E-state index contributed by atoms with van der Waals surface area (Å²) in [7, 11) is 0. The fourth-order valence-corrected chi connectivity index (χ4v) is 1.64. The number of nitrogens with two attached hydrogens (primary N) is 1. The first kappa shape index (κ1) is 11.5. The molecular formula is C12H12FN3O. The normalized spacial score (nSPS) is 10.5. The summed E-state index contributed by atoms with van der Waals surface area (Å²) in [6.45, 7) is 1.88. The molecule has 0 radical (unpaired) electrons. The highest BCUT2D eigenvalue weighted by Crippen LogP contribution is 2.21. The number of H-pyrrole nitrogens is 1. The molecule has 0 aliphatic heterocycles. The SMILES string of the molecule is Cc1cc(-c2n[nH]c(=O)cc2CN)ccc1F. The van der Waals surface area contributed by atoms with Gasteiger partial charge in [0.1, 0.15) is 5.82 Å². The second kappa shape index (κ2) is 4.47. The summed E-state index contributed by atoms with van der Waals surface area (Å²) in [5.74, 6) is -0.271. The zero-order chi connectivity index (χ0) is 12.4. The van der Waals surface area contributed by atoms with Gasteiger partial charge in [0, 0.05) is 18.2 Å². The number of nitrogens with zero attached hydrogens (tertiary/aromatic N) is 1. The van der Waals surface area contributed by atoms with Crippen LogP contribution in [0.2, 0.25) is 0 Å². The highest BCUT2D eigenvalue weighted by atomic mass is 19.1.